The van der Waals surface area contributed by atoms with Crippen LogP contribution < -0.4 is 4.90 Å². The lowest BCUT2D eigenvalue weighted by Gasteiger charge is -2.23. The molecule has 0 saturated carbocycles. The molecule has 0 bridgehead atoms. The van der Waals surface area contributed by atoms with Gasteiger partial charge in [-0.25, -0.2) is 22.2 Å². The van der Waals surface area contributed by atoms with Gasteiger partial charge in [-0.15, -0.1) is 0 Å². The second-order valence-corrected chi connectivity index (χ2v) is 11.2. The van der Waals surface area contributed by atoms with E-state index in [-0.39, 0.29) is 52.7 Å². The quantitative estimate of drug-likeness (QED) is 0.456. The molecule has 0 radical (unpaired) electrons. The number of sulfone groups is 1. The monoisotopic (exact) mass is 494 g/mol. The summed E-state index contributed by atoms with van der Waals surface area (Å²) in [7, 11) is -3.52. The van der Waals surface area contributed by atoms with Gasteiger partial charge in [0, 0.05) is 19.1 Å². The van der Waals surface area contributed by atoms with Crippen LogP contribution in [0.15, 0.2) is 41.3 Å². The number of nitrogens with zero attached hydrogens (tertiary/aromatic N) is 2. The summed E-state index contributed by atoms with van der Waals surface area (Å²) in [6.45, 7) is 2.70. The summed E-state index contributed by atoms with van der Waals surface area (Å²) < 4.78 is 58.9. The van der Waals surface area contributed by atoms with Gasteiger partial charge >= 0.3 is 0 Å². The van der Waals surface area contributed by atoms with Crippen LogP contribution in [-0.2, 0) is 19.4 Å². The van der Waals surface area contributed by atoms with Crippen LogP contribution in [0.1, 0.15) is 31.2 Å². The van der Waals surface area contributed by atoms with Gasteiger partial charge in [-0.3, -0.25) is 9.69 Å². The summed E-state index contributed by atoms with van der Waals surface area (Å²) in [5.74, 6) is -2.01. The molecule has 0 aliphatic carbocycles. The molecule has 1 amide bonds. The van der Waals surface area contributed by atoms with Crippen molar-refractivity contribution in [3.63, 3.8) is 0 Å². The molecule has 1 aliphatic rings. The number of thiazole rings is 1. The first-order valence-electron chi connectivity index (χ1n) is 10.7. The van der Waals surface area contributed by atoms with Crippen LogP contribution in [0.4, 0.5) is 13.9 Å². The Labute approximate surface area is 195 Å². The minimum absolute atomic E-state index is 0.00323. The Morgan fingerprint density at radius 1 is 1.24 bits per heavy atom. The molecule has 1 aliphatic heterocycles. The molecule has 1 unspecified atom stereocenters. The fourth-order valence-corrected chi connectivity index (χ4v) is 6.09. The maximum Gasteiger partial charge on any atom is 0.228 e. The molecule has 33 heavy (non-hydrogen) atoms. The summed E-state index contributed by atoms with van der Waals surface area (Å²) in [5.41, 5.74) is 0.963. The lowest BCUT2D eigenvalue weighted by Crippen LogP contribution is -2.37. The van der Waals surface area contributed by atoms with Crippen LogP contribution in [0.25, 0.3) is 10.2 Å². The van der Waals surface area contributed by atoms with Gasteiger partial charge in [0.15, 0.2) is 20.8 Å². The van der Waals surface area contributed by atoms with Crippen molar-refractivity contribution in [2.24, 2.45) is 0 Å². The molecule has 1 saturated heterocycles. The smallest absolute Gasteiger partial charge is 0.228 e. The molecule has 2 aromatic carbocycles. The van der Waals surface area contributed by atoms with Gasteiger partial charge in [-0.2, -0.15) is 0 Å². The summed E-state index contributed by atoms with van der Waals surface area (Å²) in [6, 6.07) is 8.53. The van der Waals surface area contributed by atoms with E-state index in [0.29, 0.717) is 11.3 Å². The Balaban J connectivity index is 1.50. The van der Waals surface area contributed by atoms with E-state index >= 15 is 0 Å². The third-order valence-corrected chi connectivity index (χ3v) is 8.37. The van der Waals surface area contributed by atoms with E-state index in [1.54, 1.807) is 24.3 Å². The highest BCUT2D eigenvalue weighted by Gasteiger charge is 2.27. The third-order valence-electron chi connectivity index (χ3n) is 5.53. The number of anilines is 1. The van der Waals surface area contributed by atoms with Gasteiger partial charge in [0.05, 0.1) is 28.0 Å². The van der Waals surface area contributed by atoms with E-state index in [9.17, 15) is 22.0 Å². The number of rotatable bonds is 8. The fraction of sp³-hybridized carbons (Fsp3) is 0.391. The van der Waals surface area contributed by atoms with E-state index < -0.39 is 21.5 Å². The normalized spacial score (nSPS) is 16.4. The van der Waals surface area contributed by atoms with E-state index in [2.05, 4.69) is 4.98 Å². The number of benzene rings is 2. The zero-order valence-corrected chi connectivity index (χ0v) is 19.7. The number of aromatic nitrogens is 1. The lowest BCUT2D eigenvalue weighted by molar-refractivity contribution is -0.119. The van der Waals surface area contributed by atoms with Crippen LogP contribution in [-0.4, -0.2) is 44.3 Å². The van der Waals surface area contributed by atoms with Gasteiger partial charge in [-0.1, -0.05) is 29.0 Å². The van der Waals surface area contributed by atoms with Crippen molar-refractivity contribution in [1.82, 2.24) is 4.98 Å². The SMILES string of the molecule is Cc1ccc(S(=O)(=O)CCCC(=O)N(CC2CCCO2)c2nc3c(F)cc(F)cc3s2)cc1. The number of ether oxygens (including phenoxy) is 1. The summed E-state index contributed by atoms with van der Waals surface area (Å²) >= 11 is 1.02. The van der Waals surface area contributed by atoms with Crippen molar-refractivity contribution >= 4 is 42.4 Å². The highest BCUT2D eigenvalue weighted by molar-refractivity contribution is 7.91. The van der Waals surface area contributed by atoms with Gasteiger partial charge < -0.3 is 4.74 Å². The predicted molar refractivity (Wildman–Crippen MR) is 123 cm³/mol. The molecule has 10 heteroatoms. The Hall–Kier alpha value is -2.43. The van der Waals surface area contributed by atoms with Gasteiger partial charge in [0.2, 0.25) is 5.91 Å². The highest BCUT2D eigenvalue weighted by atomic mass is 32.2. The maximum absolute atomic E-state index is 14.2. The first-order chi connectivity index (χ1) is 15.7. The van der Waals surface area contributed by atoms with E-state index in [1.807, 2.05) is 6.92 Å². The third kappa shape index (κ3) is 5.56. The average molecular weight is 495 g/mol. The molecule has 1 atom stereocenters. The highest BCUT2D eigenvalue weighted by Crippen LogP contribution is 2.32. The lowest BCUT2D eigenvalue weighted by atomic mass is 10.2. The number of carbonyl (C=O) groups is 1. The number of amides is 1. The molecule has 3 aromatic rings. The molecule has 2 heterocycles. The van der Waals surface area contributed by atoms with Crippen LogP contribution in [0.2, 0.25) is 0 Å². The molecular weight excluding hydrogens is 470 g/mol. The fourth-order valence-electron chi connectivity index (χ4n) is 3.75. The second-order valence-electron chi connectivity index (χ2n) is 8.11. The second kappa shape index (κ2) is 9.82. The Kier molecular flexibility index (Phi) is 7.06. The van der Waals surface area contributed by atoms with E-state index in [1.165, 1.54) is 11.0 Å². The molecule has 4 rings (SSSR count). The summed E-state index contributed by atoms with van der Waals surface area (Å²) in [4.78, 5) is 19.0. The van der Waals surface area contributed by atoms with Crippen molar-refractivity contribution in [2.75, 3.05) is 23.8 Å². The van der Waals surface area contributed by atoms with Crippen LogP contribution in [0, 0.1) is 18.6 Å². The zero-order chi connectivity index (χ0) is 23.6. The van der Waals surface area contributed by atoms with Crippen molar-refractivity contribution < 1.29 is 26.7 Å². The van der Waals surface area contributed by atoms with E-state index in [4.69, 9.17) is 4.74 Å². The minimum atomic E-state index is -3.52. The standard InChI is InChI=1S/C23H24F2N2O4S2/c1-15-6-8-18(9-7-15)33(29,30)11-3-5-21(28)27(14-17-4-2-10-31-17)23-26-22-19(25)12-16(24)13-20(22)32-23/h6-9,12-13,17H,2-5,10-11,14H2,1H3. The zero-order valence-electron chi connectivity index (χ0n) is 18.1. The number of halogens is 2. The van der Waals surface area contributed by atoms with Crippen LogP contribution in [0.3, 0.4) is 0 Å². The van der Waals surface area contributed by atoms with Crippen molar-refractivity contribution in [3.8, 4) is 0 Å². The predicted octanol–water partition coefficient (Wildman–Crippen LogP) is 4.65. The van der Waals surface area contributed by atoms with E-state index in [0.717, 1.165) is 35.8 Å². The molecule has 0 spiro atoms. The molecule has 176 valence electrons. The maximum atomic E-state index is 14.2. The Morgan fingerprint density at radius 3 is 2.70 bits per heavy atom. The first kappa shape index (κ1) is 23.7. The van der Waals surface area contributed by atoms with Crippen LogP contribution in [0.5, 0.6) is 0 Å². The molecule has 6 nitrogen and oxygen atoms in total. The Bertz CT molecular complexity index is 1250. The largest absolute Gasteiger partial charge is 0.376 e. The number of hydrogen-bond acceptors (Lipinski definition) is 6. The van der Waals surface area contributed by atoms with Gasteiger partial charge in [-0.05, 0) is 44.4 Å². The van der Waals surface area contributed by atoms with Crippen molar-refractivity contribution in [1.29, 1.82) is 0 Å². The van der Waals surface area contributed by atoms with Crippen molar-refractivity contribution in [2.45, 2.75) is 43.6 Å². The summed E-state index contributed by atoms with van der Waals surface area (Å²) in [6.07, 6.45) is 1.58. The first-order valence-corrected chi connectivity index (χ1v) is 13.2. The summed E-state index contributed by atoms with van der Waals surface area (Å²) in [5, 5.41) is 0.247. The van der Waals surface area contributed by atoms with Gasteiger partial charge in [0.1, 0.15) is 11.3 Å². The van der Waals surface area contributed by atoms with Gasteiger partial charge in [0.25, 0.3) is 0 Å². The molecule has 1 fully saturated rings. The van der Waals surface area contributed by atoms with Crippen LogP contribution >= 0.6 is 11.3 Å². The number of carbonyl (C=O) groups excluding carboxylic acids is 1. The number of aryl methyl sites for hydroxylation is 1. The molecule has 1 aromatic heterocycles. The topological polar surface area (TPSA) is 76.6 Å². The van der Waals surface area contributed by atoms with Crippen molar-refractivity contribution in [3.05, 3.63) is 53.6 Å². The molecule has 0 N–H and O–H groups in total. The number of fused-ring (bicyclic) bond motifs is 1. The minimum Gasteiger partial charge on any atom is -0.376 e. The Morgan fingerprint density at radius 2 is 2.00 bits per heavy atom. The number of hydrogen-bond donors (Lipinski definition) is 0. The average Bonchev–Trinajstić information content (AvgIpc) is 3.42. The molecular formula is C23H24F2N2O4S2.